The summed E-state index contributed by atoms with van der Waals surface area (Å²) in [6.07, 6.45) is 8.24. The van der Waals surface area contributed by atoms with E-state index in [0.29, 0.717) is 24.2 Å². The molecule has 8 heteroatoms. The van der Waals surface area contributed by atoms with E-state index in [1.54, 1.807) is 12.4 Å². The first-order valence-corrected chi connectivity index (χ1v) is 8.51. The quantitative estimate of drug-likeness (QED) is 0.750. The molecule has 0 spiro atoms. The number of ether oxygens (including phenoxy) is 1. The summed E-state index contributed by atoms with van der Waals surface area (Å²) in [5.41, 5.74) is 1.82. The molecule has 134 valence electrons. The summed E-state index contributed by atoms with van der Waals surface area (Å²) in [5, 5.41) is 9.57. The molecule has 0 radical (unpaired) electrons. The van der Waals surface area contributed by atoms with Crippen molar-refractivity contribution in [1.82, 2.24) is 25.5 Å². The number of aromatic nitrogens is 4. The summed E-state index contributed by atoms with van der Waals surface area (Å²) in [7, 11) is 0. The van der Waals surface area contributed by atoms with E-state index >= 15 is 0 Å². The lowest BCUT2D eigenvalue weighted by Crippen LogP contribution is -2.35. The van der Waals surface area contributed by atoms with Crippen LogP contribution in [0.25, 0.3) is 11.0 Å². The van der Waals surface area contributed by atoms with Crippen LogP contribution in [-0.2, 0) is 4.74 Å². The molecule has 1 aromatic carbocycles. The lowest BCUT2D eigenvalue weighted by atomic mass is 9.91. The monoisotopic (exact) mass is 355 g/mol. The summed E-state index contributed by atoms with van der Waals surface area (Å²) < 4.78 is 20.1. The van der Waals surface area contributed by atoms with Gasteiger partial charge in [0.1, 0.15) is 5.82 Å². The van der Waals surface area contributed by atoms with E-state index in [9.17, 15) is 9.18 Å². The number of amides is 1. The molecule has 1 saturated heterocycles. The molecular formula is C18H18FN5O2. The van der Waals surface area contributed by atoms with E-state index in [0.717, 1.165) is 18.4 Å². The second-order valence-electron chi connectivity index (χ2n) is 6.31. The van der Waals surface area contributed by atoms with Crippen molar-refractivity contribution in [3.63, 3.8) is 0 Å². The Balaban J connectivity index is 1.48. The Hall–Kier alpha value is -2.87. The molecule has 1 aliphatic heterocycles. The highest BCUT2D eigenvalue weighted by Crippen LogP contribution is 2.32. The lowest BCUT2D eigenvalue weighted by Gasteiger charge is -2.31. The van der Waals surface area contributed by atoms with Crippen molar-refractivity contribution in [1.29, 1.82) is 0 Å². The van der Waals surface area contributed by atoms with Gasteiger partial charge in [0.2, 0.25) is 0 Å². The fraction of sp³-hybridized carbons (Fsp3) is 0.333. The minimum Gasteiger partial charge on any atom is -0.373 e. The van der Waals surface area contributed by atoms with Gasteiger partial charge in [-0.05, 0) is 18.9 Å². The number of fused-ring (bicyclic) bond motifs is 1. The van der Waals surface area contributed by atoms with Crippen LogP contribution in [-0.4, -0.2) is 39.2 Å². The highest BCUT2D eigenvalue weighted by atomic mass is 19.1. The van der Waals surface area contributed by atoms with Crippen LogP contribution in [0.15, 0.2) is 36.9 Å². The molecule has 2 N–H and O–H groups in total. The predicted octanol–water partition coefficient (Wildman–Crippen LogP) is 2.39. The van der Waals surface area contributed by atoms with E-state index in [-0.39, 0.29) is 17.6 Å². The van der Waals surface area contributed by atoms with E-state index in [2.05, 4.69) is 25.5 Å². The van der Waals surface area contributed by atoms with E-state index in [1.165, 1.54) is 24.5 Å². The Bertz CT molecular complexity index is 915. The second-order valence-corrected chi connectivity index (χ2v) is 6.31. The minimum atomic E-state index is -0.609. The van der Waals surface area contributed by atoms with Gasteiger partial charge in [0, 0.05) is 49.3 Å². The standard InChI is InChI=1S/C18H18FN5O2/c19-14-7-16-15(20-3-4-21-16)6-13(14)18(25)22-8-11-2-1-5-26-17(11)12-9-23-24-10-12/h3-4,6-7,9-11,17H,1-2,5,8H2,(H,22,25)(H,23,24)/t11-,17+/m0/s1. The highest BCUT2D eigenvalue weighted by molar-refractivity contribution is 5.97. The second kappa shape index (κ2) is 7.17. The Labute approximate surface area is 149 Å². The Morgan fingerprint density at radius 2 is 2.12 bits per heavy atom. The SMILES string of the molecule is O=C(NC[C@@H]1CCCO[C@H]1c1cn[nH]c1)c1cc2nccnc2cc1F. The van der Waals surface area contributed by atoms with Crippen LogP contribution in [0.5, 0.6) is 0 Å². The van der Waals surface area contributed by atoms with Crippen LogP contribution in [0, 0.1) is 11.7 Å². The molecule has 3 heterocycles. The van der Waals surface area contributed by atoms with Gasteiger partial charge in [-0.25, -0.2) is 4.39 Å². The fourth-order valence-electron chi connectivity index (χ4n) is 3.32. The summed E-state index contributed by atoms with van der Waals surface area (Å²) in [6.45, 7) is 1.07. The highest BCUT2D eigenvalue weighted by Gasteiger charge is 2.28. The smallest absolute Gasteiger partial charge is 0.254 e. The number of benzene rings is 1. The Morgan fingerprint density at radius 1 is 1.31 bits per heavy atom. The average Bonchev–Trinajstić information content (AvgIpc) is 3.20. The van der Waals surface area contributed by atoms with E-state index in [1.807, 2.05) is 0 Å². The summed E-state index contributed by atoms with van der Waals surface area (Å²) in [6, 6.07) is 2.66. The third-order valence-corrected chi connectivity index (χ3v) is 4.62. The number of hydrogen-bond acceptors (Lipinski definition) is 5. The van der Waals surface area contributed by atoms with Crippen LogP contribution in [0.3, 0.4) is 0 Å². The molecule has 0 saturated carbocycles. The number of halogens is 1. The first-order valence-electron chi connectivity index (χ1n) is 8.51. The van der Waals surface area contributed by atoms with Crippen LogP contribution >= 0.6 is 0 Å². The van der Waals surface area contributed by atoms with Crippen molar-refractivity contribution in [3.8, 4) is 0 Å². The first kappa shape index (κ1) is 16.6. The predicted molar refractivity (Wildman–Crippen MR) is 91.8 cm³/mol. The number of nitrogens with zero attached hydrogens (tertiary/aromatic N) is 3. The fourth-order valence-corrected chi connectivity index (χ4v) is 3.32. The third kappa shape index (κ3) is 3.28. The maximum absolute atomic E-state index is 14.3. The van der Waals surface area contributed by atoms with Crippen molar-refractivity contribution in [2.45, 2.75) is 18.9 Å². The van der Waals surface area contributed by atoms with Crippen molar-refractivity contribution in [2.75, 3.05) is 13.2 Å². The number of nitrogens with one attached hydrogen (secondary N) is 2. The molecule has 2 aromatic heterocycles. The summed E-state index contributed by atoms with van der Waals surface area (Å²) in [5.74, 6) is -0.970. The number of carbonyl (C=O) groups is 1. The molecule has 26 heavy (non-hydrogen) atoms. The van der Waals surface area contributed by atoms with Crippen LogP contribution in [0.1, 0.15) is 34.9 Å². The minimum absolute atomic E-state index is 0.0328. The number of hydrogen-bond donors (Lipinski definition) is 2. The zero-order valence-electron chi connectivity index (χ0n) is 14.0. The van der Waals surface area contributed by atoms with Gasteiger partial charge in [0.05, 0.1) is 28.9 Å². The number of H-pyrrole nitrogens is 1. The van der Waals surface area contributed by atoms with Crippen LogP contribution < -0.4 is 5.32 Å². The summed E-state index contributed by atoms with van der Waals surface area (Å²) in [4.78, 5) is 20.6. The molecule has 1 fully saturated rings. The number of carbonyl (C=O) groups excluding carboxylic acids is 1. The van der Waals surface area contributed by atoms with Gasteiger partial charge in [0.15, 0.2) is 0 Å². The van der Waals surface area contributed by atoms with Gasteiger partial charge in [0.25, 0.3) is 5.91 Å². The zero-order valence-corrected chi connectivity index (χ0v) is 14.0. The van der Waals surface area contributed by atoms with Gasteiger partial charge in [-0.3, -0.25) is 19.9 Å². The maximum Gasteiger partial charge on any atom is 0.254 e. The van der Waals surface area contributed by atoms with Crippen LogP contribution in [0.4, 0.5) is 4.39 Å². The Kier molecular flexibility index (Phi) is 4.57. The molecule has 0 bridgehead atoms. The van der Waals surface area contributed by atoms with Gasteiger partial charge >= 0.3 is 0 Å². The van der Waals surface area contributed by atoms with Crippen LogP contribution in [0.2, 0.25) is 0 Å². The van der Waals surface area contributed by atoms with Gasteiger partial charge < -0.3 is 10.1 Å². The van der Waals surface area contributed by atoms with E-state index < -0.39 is 11.7 Å². The van der Waals surface area contributed by atoms with Crippen molar-refractivity contribution in [3.05, 3.63) is 53.9 Å². The van der Waals surface area contributed by atoms with Gasteiger partial charge in [-0.2, -0.15) is 5.10 Å². The molecule has 0 unspecified atom stereocenters. The molecule has 0 aliphatic carbocycles. The number of aromatic amines is 1. The normalized spacial score (nSPS) is 20.2. The topological polar surface area (TPSA) is 92.8 Å². The molecular weight excluding hydrogens is 337 g/mol. The first-order chi connectivity index (χ1) is 12.7. The largest absolute Gasteiger partial charge is 0.373 e. The average molecular weight is 355 g/mol. The molecule has 2 atom stereocenters. The molecule has 3 aromatic rings. The lowest BCUT2D eigenvalue weighted by molar-refractivity contribution is -0.0272. The third-order valence-electron chi connectivity index (χ3n) is 4.62. The van der Waals surface area contributed by atoms with Crippen molar-refractivity contribution in [2.24, 2.45) is 5.92 Å². The van der Waals surface area contributed by atoms with Gasteiger partial charge in [-0.1, -0.05) is 0 Å². The van der Waals surface area contributed by atoms with Gasteiger partial charge in [-0.15, -0.1) is 0 Å². The molecule has 1 aliphatic rings. The summed E-state index contributed by atoms with van der Waals surface area (Å²) >= 11 is 0. The van der Waals surface area contributed by atoms with Crippen molar-refractivity contribution < 1.29 is 13.9 Å². The zero-order chi connectivity index (χ0) is 17.9. The molecule has 4 rings (SSSR count). The molecule has 7 nitrogen and oxygen atoms in total. The maximum atomic E-state index is 14.3. The number of rotatable bonds is 4. The van der Waals surface area contributed by atoms with E-state index in [4.69, 9.17) is 4.74 Å². The Morgan fingerprint density at radius 3 is 2.88 bits per heavy atom. The molecule has 1 amide bonds. The van der Waals surface area contributed by atoms with Crippen molar-refractivity contribution >= 4 is 16.9 Å².